The molecule has 0 amide bonds. The average Bonchev–Trinajstić information content (AvgIpc) is 2.77. The van der Waals surface area contributed by atoms with Gasteiger partial charge in [0.2, 0.25) is 0 Å². The van der Waals surface area contributed by atoms with E-state index in [2.05, 4.69) is 5.32 Å². The summed E-state index contributed by atoms with van der Waals surface area (Å²) in [6, 6.07) is 4.94. The molecule has 0 unspecified atom stereocenters. The molecule has 1 nitrogen and oxygen atoms in total. The molecular weight excluding hydrogens is 208 g/mol. The van der Waals surface area contributed by atoms with Crippen LogP contribution in [0.5, 0.6) is 0 Å². The lowest BCUT2D eigenvalue weighted by Gasteiger charge is -2.11. The summed E-state index contributed by atoms with van der Waals surface area (Å²) in [5.41, 5.74) is 0.463. The van der Waals surface area contributed by atoms with E-state index in [-0.39, 0.29) is 0 Å². The molecule has 88 valence electrons. The van der Waals surface area contributed by atoms with Crippen LogP contribution in [0.1, 0.15) is 31.2 Å². The molecule has 1 aromatic rings. The van der Waals surface area contributed by atoms with Gasteiger partial charge in [-0.05, 0) is 37.4 Å². The predicted octanol–water partition coefficient (Wildman–Crippen LogP) is 3.04. The van der Waals surface area contributed by atoms with Crippen molar-refractivity contribution in [3.63, 3.8) is 0 Å². The Labute approximate surface area is 94.9 Å². The van der Waals surface area contributed by atoms with E-state index in [9.17, 15) is 8.78 Å². The Bertz CT molecular complexity index is 346. The van der Waals surface area contributed by atoms with Crippen molar-refractivity contribution in [2.75, 3.05) is 6.54 Å². The zero-order valence-corrected chi connectivity index (χ0v) is 9.31. The molecule has 0 saturated heterocycles. The number of rotatable bonds is 4. The first-order chi connectivity index (χ1) is 7.77. The van der Waals surface area contributed by atoms with Gasteiger partial charge in [-0.25, -0.2) is 8.78 Å². The van der Waals surface area contributed by atoms with Crippen molar-refractivity contribution >= 4 is 0 Å². The highest BCUT2D eigenvalue weighted by atomic mass is 19.2. The normalized spacial score (nSPS) is 16.9. The van der Waals surface area contributed by atoms with E-state index in [1.165, 1.54) is 25.7 Å². The number of benzene rings is 1. The molecule has 0 atom stereocenters. The first-order valence-electron chi connectivity index (χ1n) is 5.93. The Hall–Kier alpha value is -0.960. The second-order valence-electron chi connectivity index (χ2n) is 4.40. The molecule has 1 saturated carbocycles. The van der Waals surface area contributed by atoms with Gasteiger partial charge in [0.05, 0.1) is 0 Å². The number of hydrogen-bond acceptors (Lipinski definition) is 1. The van der Waals surface area contributed by atoms with Gasteiger partial charge in [-0.1, -0.05) is 25.0 Å². The van der Waals surface area contributed by atoms with Gasteiger partial charge in [0, 0.05) is 6.04 Å². The standard InChI is InChI=1S/C13H17F2N/c14-12-7-3-4-10(13(12)15)8-9-16-11-5-1-2-6-11/h3-4,7,11,16H,1-2,5-6,8-9H2. The molecule has 1 aliphatic carbocycles. The summed E-state index contributed by atoms with van der Waals surface area (Å²) in [4.78, 5) is 0. The molecule has 0 bridgehead atoms. The molecule has 1 fully saturated rings. The summed E-state index contributed by atoms with van der Waals surface area (Å²) >= 11 is 0. The molecule has 0 heterocycles. The van der Waals surface area contributed by atoms with Crippen LogP contribution in [0.25, 0.3) is 0 Å². The van der Waals surface area contributed by atoms with Crippen molar-refractivity contribution < 1.29 is 8.78 Å². The van der Waals surface area contributed by atoms with Gasteiger partial charge in [-0.2, -0.15) is 0 Å². The molecule has 0 aromatic heterocycles. The quantitative estimate of drug-likeness (QED) is 0.830. The van der Waals surface area contributed by atoms with Crippen molar-refractivity contribution in [1.29, 1.82) is 0 Å². The van der Waals surface area contributed by atoms with Crippen LogP contribution in [-0.2, 0) is 6.42 Å². The van der Waals surface area contributed by atoms with E-state index >= 15 is 0 Å². The Morgan fingerprint density at radius 1 is 1.19 bits per heavy atom. The highest BCUT2D eigenvalue weighted by molar-refractivity contribution is 5.19. The van der Waals surface area contributed by atoms with Crippen molar-refractivity contribution in [3.05, 3.63) is 35.4 Å². The summed E-state index contributed by atoms with van der Waals surface area (Å²) < 4.78 is 26.2. The minimum absolute atomic E-state index is 0.463. The van der Waals surface area contributed by atoms with Crippen LogP contribution in [0.15, 0.2) is 18.2 Å². The first-order valence-corrected chi connectivity index (χ1v) is 5.93. The Morgan fingerprint density at radius 3 is 2.69 bits per heavy atom. The third kappa shape index (κ3) is 2.79. The summed E-state index contributed by atoms with van der Waals surface area (Å²) in [5.74, 6) is -1.45. The van der Waals surface area contributed by atoms with Gasteiger partial charge in [-0.3, -0.25) is 0 Å². The molecule has 16 heavy (non-hydrogen) atoms. The Balaban J connectivity index is 1.82. The third-order valence-corrected chi connectivity index (χ3v) is 3.21. The number of nitrogens with one attached hydrogen (secondary N) is 1. The summed E-state index contributed by atoms with van der Waals surface area (Å²) in [6.07, 6.45) is 5.55. The SMILES string of the molecule is Fc1cccc(CCNC2CCCC2)c1F. The fraction of sp³-hybridized carbons (Fsp3) is 0.538. The molecule has 1 aliphatic rings. The second-order valence-corrected chi connectivity index (χ2v) is 4.40. The Morgan fingerprint density at radius 2 is 1.94 bits per heavy atom. The molecule has 1 aromatic carbocycles. The zero-order chi connectivity index (χ0) is 11.4. The largest absolute Gasteiger partial charge is 0.314 e. The van der Waals surface area contributed by atoms with Crippen LogP contribution in [0, 0.1) is 11.6 Å². The van der Waals surface area contributed by atoms with Crippen LogP contribution in [-0.4, -0.2) is 12.6 Å². The lowest BCUT2D eigenvalue weighted by atomic mass is 10.1. The van der Waals surface area contributed by atoms with Crippen molar-refractivity contribution in [2.45, 2.75) is 38.1 Å². The Kier molecular flexibility index (Phi) is 3.88. The highest BCUT2D eigenvalue weighted by Gasteiger charge is 2.14. The number of hydrogen-bond donors (Lipinski definition) is 1. The lowest BCUT2D eigenvalue weighted by molar-refractivity contribution is 0.488. The van der Waals surface area contributed by atoms with E-state index < -0.39 is 11.6 Å². The smallest absolute Gasteiger partial charge is 0.162 e. The van der Waals surface area contributed by atoms with Crippen LogP contribution in [0.2, 0.25) is 0 Å². The van der Waals surface area contributed by atoms with Crippen LogP contribution < -0.4 is 5.32 Å². The van der Waals surface area contributed by atoms with Crippen molar-refractivity contribution in [3.8, 4) is 0 Å². The fourth-order valence-corrected chi connectivity index (χ4v) is 2.28. The topological polar surface area (TPSA) is 12.0 Å². The molecule has 0 spiro atoms. The summed E-state index contributed by atoms with van der Waals surface area (Å²) in [7, 11) is 0. The van der Waals surface area contributed by atoms with E-state index in [4.69, 9.17) is 0 Å². The van der Waals surface area contributed by atoms with Gasteiger partial charge in [-0.15, -0.1) is 0 Å². The van der Waals surface area contributed by atoms with Crippen LogP contribution in [0.3, 0.4) is 0 Å². The minimum atomic E-state index is -0.752. The molecule has 0 radical (unpaired) electrons. The fourth-order valence-electron chi connectivity index (χ4n) is 2.28. The van der Waals surface area contributed by atoms with E-state index in [1.807, 2.05) is 0 Å². The molecular formula is C13H17F2N. The van der Waals surface area contributed by atoms with E-state index in [1.54, 1.807) is 12.1 Å². The van der Waals surface area contributed by atoms with Crippen molar-refractivity contribution in [1.82, 2.24) is 5.32 Å². The van der Waals surface area contributed by atoms with Gasteiger partial charge in [0.15, 0.2) is 11.6 Å². The lowest BCUT2D eigenvalue weighted by Crippen LogP contribution is -2.28. The summed E-state index contributed by atoms with van der Waals surface area (Å²) in [5, 5.41) is 3.39. The van der Waals surface area contributed by atoms with E-state index in [0.717, 1.165) is 12.6 Å². The van der Waals surface area contributed by atoms with Gasteiger partial charge >= 0.3 is 0 Å². The maximum Gasteiger partial charge on any atom is 0.162 e. The maximum atomic E-state index is 13.3. The van der Waals surface area contributed by atoms with Crippen LogP contribution in [0.4, 0.5) is 8.78 Å². The first kappa shape index (κ1) is 11.5. The minimum Gasteiger partial charge on any atom is -0.314 e. The van der Waals surface area contributed by atoms with Gasteiger partial charge in [0.25, 0.3) is 0 Å². The summed E-state index contributed by atoms with van der Waals surface area (Å²) in [6.45, 7) is 0.727. The van der Waals surface area contributed by atoms with Crippen LogP contribution >= 0.6 is 0 Å². The molecule has 2 rings (SSSR count). The molecule has 0 aliphatic heterocycles. The third-order valence-electron chi connectivity index (χ3n) is 3.21. The maximum absolute atomic E-state index is 13.3. The van der Waals surface area contributed by atoms with Crippen molar-refractivity contribution in [2.24, 2.45) is 0 Å². The van der Waals surface area contributed by atoms with E-state index in [0.29, 0.717) is 18.0 Å². The zero-order valence-electron chi connectivity index (χ0n) is 9.31. The monoisotopic (exact) mass is 225 g/mol. The predicted molar refractivity (Wildman–Crippen MR) is 60.3 cm³/mol. The molecule has 3 heteroatoms. The van der Waals surface area contributed by atoms with Gasteiger partial charge < -0.3 is 5.32 Å². The highest BCUT2D eigenvalue weighted by Crippen LogP contribution is 2.17. The van der Waals surface area contributed by atoms with Gasteiger partial charge in [0.1, 0.15) is 0 Å². The average molecular weight is 225 g/mol. The number of halogens is 2. The second kappa shape index (κ2) is 5.39. The molecule has 1 N–H and O–H groups in total.